The fourth-order valence-electron chi connectivity index (χ4n) is 6.35. The number of ether oxygens (including phenoxy) is 1. The van der Waals surface area contributed by atoms with E-state index in [-0.39, 0.29) is 12.5 Å². The molecule has 2 saturated heterocycles. The first-order valence-corrected chi connectivity index (χ1v) is 13.4. The van der Waals surface area contributed by atoms with Crippen molar-refractivity contribution in [3.05, 3.63) is 53.6 Å². The number of hydrogen-bond acceptors (Lipinski definition) is 8. The molecule has 0 bridgehead atoms. The van der Waals surface area contributed by atoms with E-state index in [4.69, 9.17) is 16.2 Å². The molecule has 5 rings (SSSR count). The number of benzene rings is 2. The molecule has 3 aliphatic heterocycles. The van der Waals surface area contributed by atoms with Crippen LogP contribution in [0.2, 0.25) is 0 Å². The standard InChI is InChI=1S/C28H43N7O/c1-32(2)24-9-6-10-26(36-3)23(24)19-33-15-12-21(13-16-33)35-27(29)22-7-4-5-8-25(22)34(28(35)30)18-20-11-14-31-17-20/h4-10,20-21,27-28,31H,11-19,29-30H2,1-3H3. The molecule has 0 saturated carbocycles. The molecular formula is C28H43N7O. The van der Waals surface area contributed by atoms with Gasteiger partial charge in [0.2, 0.25) is 0 Å². The Morgan fingerprint density at radius 2 is 1.81 bits per heavy atom. The molecule has 2 aromatic rings. The molecule has 3 heterocycles. The van der Waals surface area contributed by atoms with E-state index >= 15 is 0 Å². The van der Waals surface area contributed by atoms with Gasteiger partial charge < -0.3 is 25.6 Å². The largest absolute Gasteiger partial charge is 0.496 e. The van der Waals surface area contributed by atoms with Gasteiger partial charge in [-0.05, 0) is 69.6 Å². The predicted octanol–water partition coefficient (Wildman–Crippen LogP) is 2.36. The molecule has 36 heavy (non-hydrogen) atoms. The second-order valence-corrected chi connectivity index (χ2v) is 10.7. The summed E-state index contributed by atoms with van der Waals surface area (Å²) in [6.45, 7) is 6.03. The molecule has 196 valence electrons. The summed E-state index contributed by atoms with van der Waals surface area (Å²) in [5, 5.41) is 3.50. The summed E-state index contributed by atoms with van der Waals surface area (Å²) in [5.41, 5.74) is 18.8. The van der Waals surface area contributed by atoms with Crippen LogP contribution in [0.15, 0.2) is 42.5 Å². The van der Waals surface area contributed by atoms with Crippen molar-refractivity contribution < 1.29 is 4.74 Å². The number of hydrogen-bond donors (Lipinski definition) is 3. The van der Waals surface area contributed by atoms with E-state index in [0.29, 0.717) is 12.0 Å². The first kappa shape index (κ1) is 25.3. The molecule has 8 heteroatoms. The summed E-state index contributed by atoms with van der Waals surface area (Å²) in [4.78, 5) is 9.50. The van der Waals surface area contributed by atoms with Crippen LogP contribution in [0.5, 0.6) is 5.75 Å². The van der Waals surface area contributed by atoms with Crippen LogP contribution in [-0.2, 0) is 6.54 Å². The highest BCUT2D eigenvalue weighted by Gasteiger charge is 2.41. The number of methoxy groups -OCH3 is 1. The van der Waals surface area contributed by atoms with Crippen LogP contribution >= 0.6 is 0 Å². The maximum absolute atomic E-state index is 7.00. The van der Waals surface area contributed by atoms with Crippen molar-refractivity contribution >= 4 is 11.4 Å². The third kappa shape index (κ3) is 4.93. The highest BCUT2D eigenvalue weighted by Crippen LogP contribution is 2.39. The van der Waals surface area contributed by atoms with E-state index < -0.39 is 0 Å². The van der Waals surface area contributed by atoms with E-state index in [1.165, 1.54) is 28.9 Å². The van der Waals surface area contributed by atoms with E-state index in [2.05, 4.69) is 81.5 Å². The molecule has 5 N–H and O–H groups in total. The number of nitrogens with zero attached hydrogens (tertiary/aromatic N) is 4. The minimum Gasteiger partial charge on any atom is -0.496 e. The van der Waals surface area contributed by atoms with E-state index in [9.17, 15) is 0 Å². The third-order valence-corrected chi connectivity index (χ3v) is 8.30. The summed E-state index contributed by atoms with van der Waals surface area (Å²) in [5.74, 6) is 1.57. The number of anilines is 2. The summed E-state index contributed by atoms with van der Waals surface area (Å²) >= 11 is 0. The number of para-hydroxylation sites is 1. The molecule has 3 atom stereocenters. The normalized spacial score (nSPS) is 25.7. The van der Waals surface area contributed by atoms with Gasteiger partial charge in [0.15, 0.2) is 0 Å². The predicted molar refractivity (Wildman–Crippen MR) is 147 cm³/mol. The first-order chi connectivity index (χ1) is 17.5. The Balaban J connectivity index is 1.31. The summed E-state index contributed by atoms with van der Waals surface area (Å²) < 4.78 is 5.72. The van der Waals surface area contributed by atoms with Crippen LogP contribution in [0.3, 0.4) is 0 Å². The Morgan fingerprint density at radius 1 is 1.03 bits per heavy atom. The second kappa shape index (κ2) is 10.9. The van der Waals surface area contributed by atoms with Crippen molar-refractivity contribution in [3.8, 4) is 5.75 Å². The van der Waals surface area contributed by atoms with Crippen molar-refractivity contribution in [2.75, 3.05) is 63.7 Å². The molecule has 3 unspecified atom stereocenters. The number of rotatable bonds is 7. The minimum absolute atomic E-state index is 0.180. The van der Waals surface area contributed by atoms with Gasteiger partial charge in [0.1, 0.15) is 12.0 Å². The van der Waals surface area contributed by atoms with Gasteiger partial charge >= 0.3 is 0 Å². The zero-order chi connectivity index (χ0) is 25.2. The SMILES string of the molecule is COc1cccc(N(C)C)c1CN1CCC(N2C(N)c3ccccc3N(CC3CCNC3)C2N)CC1. The molecule has 0 aliphatic carbocycles. The lowest BCUT2D eigenvalue weighted by Gasteiger charge is -2.52. The summed E-state index contributed by atoms with van der Waals surface area (Å²) in [6.07, 6.45) is 2.92. The molecule has 0 spiro atoms. The highest BCUT2D eigenvalue weighted by atomic mass is 16.5. The monoisotopic (exact) mass is 493 g/mol. The van der Waals surface area contributed by atoms with Gasteiger partial charge in [-0.2, -0.15) is 0 Å². The Labute approximate surface area is 216 Å². The Morgan fingerprint density at radius 3 is 2.50 bits per heavy atom. The molecule has 2 fully saturated rings. The van der Waals surface area contributed by atoms with Crippen molar-refractivity contribution in [1.29, 1.82) is 0 Å². The van der Waals surface area contributed by atoms with Crippen LogP contribution in [0, 0.1) is 5.92 Å². The topological polar surface area (TPSA) is 86.3 Å². The molecule has 3 aliphatic rings. The zero-order valence-electron chi connectivity index (χ0n) is 22.1. The van der Waals surface area contributed by atoms with Crippen LogP contribution < -0.4 is 31.3 Å². The average Bonchev–Trinajstić information content (AvgIpc) is 3.41. The molecule has 2 aromatic carbocycles. The van der Waals surface area contributed by atoms with Crippen LogP contribution in [0.1, 0.15) is 36.6 Å². The van der Waals surface area contributed by atoms with Gasteiger partial charge in [-0.3, -0.25) is 10.6 Å². The second-order valence-electron chi connectivity index (χ2n) is 10.7. The fourth-order valence-corrected chi connectivity index (χ4v) is 6.35. The quantitative estimate of drug-likeness (QED) is 0.542. The van der Waals surface area contributed by atoms with Gasteiger partial charge in [-0.15, -0.1) is 0 Å². The number of nitrogens with two attached hydrogens (primary N) is 2. The molecule has 0 radical (unpaired) electrons. The smallest absolute Gasteiger partial charge is 0.136 e. The molecular weight excluding hydrogens is 450 g/mol. The lowest BCUT2D eigenvalue weighted by Crippen LogP contribution is -2.65. The lowest BCUT2D eigenvalue weighted by atomic mass is 9.96. The van der Waals surface area contributed by atoms with Gasteiger partial charge in [-0.1, -0.05) is 24.3 Å². The number of fused-ring (bicyclic) bond motifs is 1. The Hall–Kier alpha value is -2.36. The number of nitrogens with one attached hydrogen (secondary N) is 1. The third-order valence-electron chi connectivity index (χ3n) is 8.30. The van der Waals surface area contributed by atoms with Crippen LogP contribution in [0.4, 0.5) is 11.4 Å². The van der Waals surface area contributed by atoms with Gasteiger partial charge in [-0.25, -0.2) is 4.90 Å². The summed E-state index contributed by atoms with van der Waals surface area (Å²) in [6, 6.07) is 15.2. The Bertz CT molecular complexity index is 1020. The van der Waals surface area contributed by atoms with Crippen molar-refractivity contribution in [1.82, 2.24) is 15.1 Å². The number of piperidine rings is 1. The van der Waals surface area contributed by atoms with Gasteiger partial charge in [0.25, 0.3) is 0 Å². The van der Waals surface area contributed by atoms with Crippen molar-refractivity contribution in [2.45, 2.75) is 44.3 Å². The lowest BCUT2D eigenvalue weighted by molar-refractivity contribution is 0.0275. The summed E-state index contributed by atoms with van der Waals surface area (Å²) in [7, 11) is 5.94. The van der Waals surface area contributed by atoms with E-state index in [0.717, 1.165) is 57.9 Å². The van der Waals surface area contributed by atoms with Gasteiger partial charge in [0.05, 0.1) is 13.3 Å². The molecule has 0 aromatic heterocycles. The van der Waals surface area contributed by atoms with Crippen LogP contribution in [-0.4, -0.2) is 76.1 Å². The van der Waals surface area contributed by atoms with Crippen LogP contribution in [0.25, 0.3) is 0 Å². The van der Waals surface area contributed by atoms with Crippen molar-refractivity contribution in [2.24, 2.45) is 17.4 Å². The van der Waals surface area contributed by atoms with Gasteiger partial charge in [0, 0.05) is 55.7 Å². The van der Waals surface area contributed by atoms with E-state index in [1.807, 2.05) is 0 Å². The highest BCUT2D eigenvalue weighted by molar-refractivity contribution is 5.59. The first-order valence-electron chi connectivity index (χ1n) is 13.4. The number of likely N-dealkylation sites (tertiary alicyclic amines) is 1. The van der Waals surface area contributed by atoms with Crippen molar-refractivity contribution in [3.63, 3.8) is 0 Å². The minimum atomic E-state index is -0.207. The maximum Gasteiger partial charge on any atom is 0.136 e. The molecule has 8 nitrogen and oxygen atoms in total. The average molecular weight is 494 g/mol. The maximum atomic E-state index is 7.00. The fraction of sp³-hybridized carbons (Fsp3) is 0.571. The Kier molecular flexibility index (Phi) is 7.69. The zero-order valence-corrected chi connectivity index (χ0v) is 22.1. The molecule has 0 amide bonds. The van der Waals surface area contributed by atoms with E-state index in [1.54, 1.807) is 7.11 Å².